The molecule has 2 N–H and O–H groups in total. The van der Waals surface area contributed by atoms with Crippen molar-refractivity contribution < 1.29 is 4.79 Å². The minimum Gasteiger partial charge on any atom is -0.354 e. The van der Waals surface area contributed by atoms with Gasteiger partial charge in [0.25, 0.3) is 5.91 Å². The molecule has 1 amide bonds. The Hall–Kier alpha value is -3.86. The number of fused-ring (bicyclic) bond motifs is 3. The van der Waals surface area contributed by atoms with Gasteiger partial charge >= 0.3 is 0 Å². The Morgan fingerprint density at radius 1 is 0.966 bits per heavy atom. The molecule has 0 aliphatic carbocycles. The van der Waals surface area contributed by atoms with E-state index >= 15 is 0 Å². The molecule has 0 radical (unpaired) electrons. The van der Waals surface area contributed by atoms with Crippen LogP contribution in [0.3, 0.4) is 0 Å². The highest BCUT2D eigenvalue weighted by atomic mass is 16.1. The van der Waals surface area contributed by atoms with E-state index in [-0.39, 0.29) is 5.91 Å². The molecule has 0 aliphatic heterocycles. The highest BCUT2D eigenvalue weighted by Crippen LogP contribution is 2.26. The monoisotopic (exact) mass is 380 g/mol. The zero-order chi connectivity index (χ0) is 19.8. The molecule has 3 aromatic carbocycles. The van der Waals surface area contributed by atoms with Crippen LogP contribution in [0.5, 0.6) is 0 Å². The van der Waals surface area contributed by atoms with Crippen molar-refractivity contribution in [2.24, 2.45) is 7.05 Å². The maximum Gasteiger partial charge on any atom is 0.251 e. The fourth-order valence-electron chi connectivity index (χ4n) is 3.73. The quantitative estimate of drug-likeness (QED) is 0.477. The highest BCUT2D eigenvalue weighted by molar-refractivity contribution is 6.09. The van der Waals surface area contributed by atoms with Crippen LogP contribution >= 0.6 is 0 Å². The average Bonchev–Trinajstić information content (AvgIpc) is 3.35. The normalized spacial score (nSPS) is 11.2. The molecule has 142 valence electrons. The maximum atomic E-state index is 12.6. The summed E-state index contributed by atoms with van der Waals surface area (Å²) >= 11 is 0. The molecular weight excluding hydrogens is 360 g/mol. The summed E-state index contributed by atoms with van der Waals surface area (Å²) in [5.41, 5.74) is 5.91. The van der Waals surface area contributed by atoms with E-state index in [1.807, 2.05) is 66.3 Å². The van der Waals surface area contributed by atoms with Crippen LogP contribution < -0.4 is 5.32 Å². The van der Waals surface area contributed by atoms with Gasteiger partial charge in [-0.2, -0.15) is 5.10 Å². The Balaban J connectivity index is 1.31. The third kappa shape index (κ3) is 3.17. The SMILES string of the molecule is Cn1nccc1-c1ccc(CNC(=O)c2ccc3c(c2)[nH]c2ccccc23)cc1. The lowest BCUT2D eigenvalue weighted by Crippen LogP contribution is -2.22. The summed E-state index contributed by atoms with van der Waals surface area (Å²) in [7, 11) is 1.92. The zero-order valence-electron chi connectivity index (χ0n) is 16.0. The first-order chi connectivity index (χ1) is 14.2. The number of aromatic nitrogens is 3. The lowest BCUT2D eigenvalue weighted by molar-refractivity contribution is 0.0951. The van der Waals surface area contributed by atoms with Crippen molar-refractivity contribution in [3.8, 4) is 11.3 Å². The van der Waals surface area contributed by atoms with Crippen LogP contribution in [0.15, 0.2) is 79.0 Å². The van der Waals surface area contributed by atoms with Crippen LogP contribution in [0, 0.1) is 0 Å². The van der Waals surface area contributed by atoms with Gasteiger partial charge in [-0.15, -0.1) is 0 Å². The summed E-state index contributed by atoms with van der Waals surface area (Å²) in [4.78, 5) is 16.0. The minimum atomic E-state index is -0.0822. The molecule has 2 aromatic heterocycles. The van der Waals surface area contributed by atoms with Gasteiger partial charge in [0.1, 0.15) is 0 Å². The first kappa shape index (κ1) is 17.3. The molecule has 5 aromatic rings. The number of carbonyl (C=O) groups is 1. The van der Waals surface area contributed by atoms with Gasteiger partial charge < -0.3 is 10.3 Å². The fraction of sp³-hybridized carbons (Fsp3) is 0.0833. The Bertz CT molecular complexity index is 1330. The van der Waals surface area contributed by atoms with E-state index < -0.39 is 0 Å². The molecule has 5 rings (SSSR count). The number of hydrogen-bond donors (Lipinski definition) is 2. The number of carbonyl (C=O) groups excluding carboxylic acids is 1. The predicted molar refractivity (Wildman–Crippen MR) is 116 cm³/mol. The first-order valence-corrected chi connectivity index (χ1v) is 9.55. The summed E-state index contributed by atoms with van der Waals surface area (Å²) < 4.78 is 1.84. The standard InChI is InChI=1S/C24H20N4O/c1-28-23(12-13-26-28)17-8-6-16(7-9-17)15-25-24(29)18-10-11-20-19-4-2-3-5-21(19)27-22(20)14-18/h2-14,27H,15H2,1H3,(H,25,29). The predicted octanol–water partition coefficient (Wildman–Crippen LogP) is 4.65. The van der Waals surface area contributed by atoms with E-state index in [1.165, 1.54) is 5.39 Å². The molecule has 0 fully saturated rings. The number of rotatable bonds is 4. The Morgan fingerprint density at radius 2 is 1.76 bits per heavy atom. The molecule has 5 heteroatoms. The topological polar surface area (TPSA) is 62.7 Å². The van der Waals surface area contributed by atoms with E-state index in [4.69, 9.17) is 0 Å². The van der Waals surface area contributed by atoms with E-state index in [9.17, 15) is 4.79 Å². The summed E-state index contributed by atoms with van der Waals surface area (Å²) in [5.74, 6) is -0.0822. The number of H-pyrrole nitrogens is 1. The molecule has 2 heterocycles. The van der Waals surface area contributed by atoms with Crippen molar-refractivity contribution >= 4 is 27.7 Å². The van der Waals surface area contributed by atoms with Crippen LogP contribution in [0.4, 0.5) is 0 Å². The fourth-order valence-corrected chi connectivity index (χ4v) is 3.73. The lowest BCUT2D eigenvalue weighted by atomic mass is 10.1. The van der Waals surface area contributed by atoms with Gasteiger partial charge in [-0.25, -0.2) is 0 Å². The second-order valence-corrected chi connectivity index (χ2v) is 7.15. The number of para-hydroxylation sites is 1. The molecule has 0 saturated heterocycles. The van der Waals surface area contributed by atoms with E-state index in [2.05, 4.69) is 33.6 Å². The minimum absolute atomic E-state index is 0.0822. The molecule has 0 atom stereocenters. The van der Waals surface area contributed by atoms with E-state index in [0.29, 0.717) is 12.1 Å². The van der Waals surface area contributed by atoms with Crippen LogP contribution in [-0.4, -0.2) is 20.7 Å². The first-order valence-electron chi connectivity index (χ1n) is 9.55. The van der Waals surface area contributed by atoms with Gasteiger partial charge in [0.2, 0.25) is 0 Å². The van der Waals surface area contributed by atoms with Gasteiger partial charge in [-0.05, 0) is 35.4 Å². The van der Waals surface area contributed by atoms with Gasteiger partial charge in [0, 0.05) is 47.2 Å². The van der Waals surface area contributed by atoms with Crippen LogP contribution in [0.25, 0.3) is 33.1 Å². The van der Waals surface area contributed by atoms with Gasteiger partial charge in [-0.1, -0.05) is 48.5 Å². The second-order valence-electron chi connectivity index (χ2n) is 7.15. The summed E-state index contributed by atoms with van der Waals surface area (Å²) in [5, 5.41) is 9.51. The van der Waals surface area contributed by atoms with Crippen molar-refractivity contribution in [2.75, 3.05) is 0 Å². The number of nitrogens with zero attached hydrogens (tertiary/aromatic N) is 2. The lowest BCUT2D eigenvalue weighted by Gasteiger charge is -2.07. The molecule has 0 saturated carbocycles. The molecule has 5 nitrogen and oxygen atoms in total. The average molecular weight is 380 g/mol. The zero-order valence-corrected chi connectivity index (χ0v) is 16.0. The Kier molecular flexibility index (Phi) is 4.13. The third-order valence-electron chi connectivity index (χ3n) is 5.29. The van der Waals surface area contributed by atoms with Gasteiger partial charge in [0.05, 0.1) is 5.69 Å². The second kappa shape index (κ2) is 6.95. The number of nitrogens with one attached hydrogen (secondary N) is 2. The smallest absolute Gasteiger partial charge is 0.251 e. The largest absolute Gasteiger partial charge is 0.354 e. The van der Waals surface area contributed by atoms with Gasteiger partial charge in [-0.3, -0.25) is 9.48 Å². The summed E-state index contributed by atoms with van der Waals surface area (Å²) in [6.45, 7) is 0.481. The van der Waals surface area contributed by atoms with Crippen molar-refractivity contribution in [2.45, 2.75) is 6.54 Å². The molecule has 0 bridgehead atoms. The Labute approximate surface area is 168 Å². The van der Waals surface area contributed by atoms with E-state index in [0.717, 1.165) is 33.2 Å². The van der Waals surface area contributed by atoms with Crippen LogP contribution in [-0.2, 0) is 13.6 Å². The number of aryl methyl sites for hydroxylation is 1. The molecule has 0 aliphatic rings. The number of benzene rings is 3. The third-order valence-corrected chi connectivity index (χ3v) is 5.29. The molecule has 0 unspecified atom stereocenters. The van der Waals surface area contributed by atoms with Crippen molar-refractivity contribution in [3.05, 3.63) is 90.1 Å². The van der Waals surface area contributed by atoms with Crippen molar-refractivity contribution in [3.63, 3.8) is 0 Å². The van der Waals surface area contributed by atoms with Gasteiger partial charge in [0.15, 0.2) is 0 Å². The van der Waals surface area contributed by atoms with Crippen LogP contribution in [0.1, 0.15) is 15.9 Å². The van der Waals surface area contributed by atoms with Crippen LogP contribution in [0.2, 0.25) is 0 Å². The van der Waals surface area contributed by atoms with Crippen molar-refractivity contribution in [1.82, 2.24) is 20.1 Å². The van der Waals surface area contributed by atoms with E-state index in [1.54, 1.807) is 6.20 Å². The molecule has 0 spiro atoms. The molecular formula is C24H20N4O. The maximum absolute atomic E-state index is 12.6. The van der Waals surface area contributed by atoms with Crippen molar-refractivity contribution in [1.29, 1.82) is 0 Å². The molecule has 29 heavy (non-hydrogen) atoms. The summed E-state index contributed by atoms with van der Waals surface area (Å²) in [6.07, 6.45) is 1.79. The number of aromatic amines is 1. The Morgan fingerprint density at radius 3 is 2.55 bits per heavy atom. The highest BCUT2D eigenvalue weighted by Gasteiger charge is 2.10. The summed E-state index contributed by atoms with van der Waals surface area (Å²) in [6, 6.07) is 24.1. The number of amides is 1. The number of hydrogen-bond acceptors (Lipinski definition) is 2.